The Balaban J connectivity index is 0.000000235. The van der Waals surface area contributed by atoms with Gasteiger partial charge in [0.1, 0.15) is 0 Å². The zero-order chi connectivity index (χ0) is 12.2. The monoisotopic (exact) mass is 327 g/mol. The number of ketones is 1. The van der Waals surface area contributed by atoms with Crippen molar-refractivity contribution >= 4 is 5.78 Å². The summed E-state index contributed by atoms with van der Waals surface area (Å²) in [6.45, 7) is 0.858. The van der Waals surface area contributed by atoms with Crippen LogP contribution in [-0.4, -0.2) is 12.3 Å². The van der Waals surface area contributed by atoms with E-state index in [4.69, 9.17) is 0 Å². The van der Waals surface area contributed by atoms with Crippen molar-refractivity contribution in [1.29, 1.82) is 0 Å². The van der Waals surface area contributed by atoms with Crippen LogP contribution >= 0.6 is 0 Å². The van der Waals surface area contributed by atoms with Crippen LogP contribution in [-0.2, 0) is 24.3 Å². The molecule has 0 aromatic heterocycles. The Hall–Kier alpha value is -1.60. The van der Waals surface area contributed by atoms with Gasteiger partial charge < -0.3 is 5.32 Å². The van der Waals surface area contributed by atoms with E-state index in [-0.39, 0.29) is 25.3 Å². The molecule has 95 valence electrons. The Bertz CT molecular complexity index is 370. The predicted molar refractivity (Wildman–Crippen MR) is 71.8 cm³/mol. The summed E-state index contributed by atoms with van der Waals surface area (Å²) in [5, 5.41) is 3.91. The summed E-state index contributed by atoms with van der Waals surface area (Å²) in [4.78, 5) is 10.1. The number of allylic oxidation sites excluding steroid dienone is 6. The number of nitrogens with zero attached hydrogens (tertiary/aromatic N) is 1. The molecule has 1 aliphatic heterocycles. The van der Waals surface area contributed by atoms with E-state index in [0.29, 0.717) is 0 Å². The maximum Gasteiger partial charge on any atom is 1.00 e. The molecule has 1 radical (unpaired) electrons. The molecule has 0 saturated heterocycles. The van der Waals surface area contributed by atoms with E-state index >= 15 is 0 Å². The van der Waals surface area contributed by atoms with Crippen molar-refractivity contribution in [3.63, 3.8) is 0 Å². The first-order valence-electron chi connectivity index (χ1n) is 5.43. The molecular weight excluding hydrogens is 311 g/mol. The molecule has 0 bridgehead atoms. The summed E-state index contributed by atoms with van der Waals surface area (Å²) in [5.74, 6) is 0.0926. The van der Waals surface area contributed by atoms with Crippen LogP contribution in [0.5, 0.6) is 0 Å². The van der Waals surface area contributed by atoms with Crippen molar-refractivity contribution in [3.8, 4) is 0 Å². The second-order valence-electron chi connectivity index (χ2n) is 3.22. The fourth-order valence-electron chi connectivity index (χ4n) is 1.05. The molecule has 3 heteroatoms. The quantitative estimate of drug-likeness (QED) is 0.530. The molecule has 0 amide bonds. The number of rotatable bonds is 0. The molecular formula is C15H15NORu-. The summed E-state index contributed by atoms with van der Waals surface area (Å²) in [7, 11) is 0. The van der Waals surface area contributed by atoms with Crippen molar-refractivity contribution in [2.75, 3.05) is 6.54 Å². The Morgan fingerprint density at radius 3 is 1.83 bits per heavy atom. The first kappa shape index (κ1) is 16.4. The molecule has 2 nitrogen and oxygen atoms in total. The zero-order valence-corrected chi connectivity index (χ0v) is 11.7. The fourth-order valence-corrected chi connectivity index (χ4v) is 1.05. The van der Waals surface area contributed by atoms with Gasteiger partial charge in [-0.3, -0.25) is 4.79 Å². The van der Waals surface area contributed by atoms with Crippen LogP contribution in [0.25, 0.3) is 5.32 Å². The molecule has 0 spiro atoms. The number of carbonyl (C=O) groups excluding carboxylic acids is 1. The van der Waals surface area contributed by atoms with Crippen LogP contribution in [0.4, 0.5) is 0 Å². The smallest absolute Gasteiger partial charge is 0.687 e. The van der Waals surface area contributed by atoms with E-state index in [2.05, 4.69) is 5.32 Å². The van der Waals surface area contributed by atoms with E-state index in [1.165, 1.54) is 12.2 Å². The van der Waals surface area contributed by atoms with Crippen LogP contribution in [0.15, 0.2) is 79.1 Å². The molecule has 1 aromatic rings. The average molecular weight is 326 g/mol. The molecule has 1 aromatic carbocycles. The molecule has 0 fully saturated rings. The summed E-state index contributed by atoms with van der Waals surface area (Å²) in [5.41, 5.74) is 0. The van der Waals surface area contributed by atoms with Crippen LogP contribution in [0.2, 0.25) is 0 Å². The SMILES string of the molecule is C1=CC[N-]C=C1.O=C1C=CC=C1.[Ru+].c1cc[cH-]c1. The van der Waals surface area contributed by atoms with Gasteiger partial charge in [-0.05, 0) is 12.2 Å². The molecule has 2 aliphatic rings. The van der Waals surface area contributed by atoms with E-state index in [9.17, 15) is 4.79 Å². The van der Waals surface area contributed by atoms with Gasteiger partial charge >= 0.3 is 19.5 Å². The first-order chi connectivity index (χ1) is 8.39. The van der Waals surface area contributed by atoms with Gasteiger partial charge in [0.15, 0.2) is 5.78 Å². The third-order valence-corrected chi connectivity index (χ3v) is 1.84. The maximum atomic E-state index is 10.1. The summed E-state index contributed by atoms with van der Waals surface area (Å²) in [6.07, 6.45) is 14.2. The van der Waals surface area contributed by atoms with Gasteiger partial charge in [-0.1, -0.05) is 24.3 Å². The van der Waals surface area contributed by atoms with Gasteiger partial charge in [0.25, 0.3) is 0 Å². The van der Waals surface area contributed by atoms with Gasteiger partial charge in [-0.15, -0.1) is 12.6 Å². The maximum absolute atomic E-state index is 10.1. The summed E-state index contributed by atoms with van der Waals surface area (Å²) < 4.78 is 0. The topological polar surface area (TPSA) is 31.2 Å². The zero-order valence-electron chi connectivity index (χ0n) is 9.92. The molecule has 0 unspecified atom stereocenters. The van der Waals surface area contributed by atoms with Gasteiger partial charge in [-0.25, -0.2) is 12.1 Å². The Kier molecular flexibility index (Phi) is 10.8. The van der Waals surface area contributed by atoms with Crippen LogP contribution < -0.4 is 0 Å². The molecule has 0 atom stereocenters. The second kappa shape index (κ2) is 11.9. The van der Waals surface area contributed by atoms with Crippen LogP contribution in [0.3, 0.4) is 0 Å². The first-order valence-corrected chi connectivity index (χ1v) is 5.43. The average Bonchev–Trinajstić information content (AvgIpc) is 3.07. The van der Waals surface area contributed by atoms with Crippen LogP contribution in [0.1, 0.15) is 0 Å². The van der Waals surface area contributed by atoms with Gasteiger partial charge in [-0.2, -0.15) is 24.4 Å². The molecule has 0 N–H and O–H groups in total. The summed E-state index contributed by atoms with van der Waals surface area (Å²) in [6, 6.07) is 10.0. The van der Waals surface area contributed by atoms with Crippen molar-refractivity contribution in [2.24, 2.45) is 0 Å². The molecule has 18 heavy (non-hydrogen) atoms. The Morgan fingerprint density at radius 2 is 1.67 bits per heavy atom. The second-order valence-corrected chi connectivity index (χ2v) is 3.22. The minimum atomic E-state index is 0. The normalized spacial score (nSPS) is 13.7. The van der Waals surface area contributed by atoms with E-state index < -0.39 is 0 Å². The van der Waals surface area contributed by atoms with Crippen molar-refractivity contribution < 1.29 is 24.3 Å². The molecule has 1 aliphatic carbocycles. The Morgan fingerprint density at radius 1 is 1.00 bits per heavy atom. The van der Waals surface area contributed by atoms with Crippen molar-refractivity contribution in [3.05, 3.63) is 84.4 Å². The third kappa shape index (κ3) is 9.62. The fraction of sp³-hybridized carbons (Fsp3) is 0.0667. The number of hydrogen-bond donors (Lipinski definition) is 0. The molecule has 1 heterocycles. The minimum Gasteiger partial charge on any atom is -0.687 e. The van der Waals surface area contributed by atoms with E-state index in [0.717, 1.165) is 6.54 Å². The molecule has 3 rings (SSSR count). The van der Waals surface area contributed by atoms with Gasteiger partial charge in [0.05, 0.1) is 0 Å². The van der Waals surface area contributed by atoms with Gasteiger partial charge in [0.2, 0.25) is 0 Å². The number of hydrogen-bond acceptors (Lipinski definition) is 1. The third-order valence-electron chi connectivity index (χ3n) is 1.84. The van der Waals surface area contributed by atoms with Crippen molar-refractivity contribution in [1.82, 2.24) is 0 Å². The van der Waals surface area contributed by atoms with Crippen molar-refractivity contribution in [2.45, 2.75) is 0 Å². The van der Waals surface area contributed by atoms with E-state index in [1.807, 2.05) is 48.6 Å². The minimum absolute atomic E-state index is 0. The number of carbonyl (C=O) groups is 1. The Labute approximate surface area is 121 Å². The van der Waals surface area contributed by atoms with E-state index in [1.54, 1.807) is 18.4 Å². The standard InChI is InChI=1S/C5H6N.C5H4O.C5H5.Ru/c1-2-4-6-5-3-1;6-5-3-1-2-4-5;1-2-4-5-3-1;/h1-4H,5H2;1-4H;1-5H;/q-1;;-1;+1. The van der Waals surface area contributed by atoms with Gasteiger partial charge in [0, 0.05) is 0 Å². The summed E-state index contributed by atoms with van der Waals surface area (Å²) >= 11 is 0. The predicted octanol–water partition coefficient (Wildman–Crippen LogP) is 3.53. The largest absolute Gasteiger partial charge is 1.00 e. The van der Waals surface area contributed by atoms with Crippen LogP contribution in [0, 0.1) is 0 Å². The molecule has 0 saturated carbocycles.